The van der Waals surface area contributed by atoms with Crippen LogP contribution in [0.15, 0.2) is 0 Å². The highest BCUT2D eigenvalue weighted by molar-refractivity contribution is 5.83. The number of carbonyl (C=O) groups excluding carboxylic acids is 1. The van der Waals surface area contributed by atoms with Crippen molar-refractivity contribution in [3.63, 3.8) is 0 Å². The van der Waals surface area contributed by atoms with Crippen LogP contribution < -0.4 is 5.73 Å². The summed E-state index contributed by atoms with van der Waals surface area (Å²) in [7, 11) is 0. The van der Waals surface area contributed by atoms with Crippen LogP contribution in [0.5, 0.6) is 0 Å². The van der Waals surface area contributed by atoms with Crippen LogP contribution >= 0.6 is 0 Å². The average molecular weight is 199 g/mol. The molecule has 0 aromatic carbocycles. The molecule has 0 saturated heterocycles. The van der Waals surface area contributed by atoms with E-state index in [1.165, 1.54) is 0 Å². The summed E-state index contributed by atoms with van der Waals surface area (Å²) in [5.41, 5.74) is 3.97. The number of aliphatic hydroxyl groups is 1. The normalized spacial score (nSPS) is 34.1. The monoisotopic (exact) mass is 199 g/mol. The van der Waals surface area contributed by atoms with E-state index in [1.54, 1.807) is 0 Å². The lowest BCUT2D eigenvalue weighted by atomic mass is 9.88. The third kappa shape index (κ3) is 2.47. The van der Waals surface area contributed by atoms with Crippen LogP contribution in [0, 0.1) is 11.8 Å². The van der Waals surface area contributed by atoms with Crippen molar-refractivity contribution in [3.8, 4) is 0 Å². The molecular formula is C11H21NO2. The topological polar surface area (TPSA) is 63.3 Å². The van der Waals surface area contributed by atoms with Gasteiger partial charge in [0.1, 0.15) is 5.60 Å². The largest absolute Gasteiger partial charge is 0.380 e. The zero-order valence-electron chi connectivity index (χ0n) is 9.12. The summed E-state index contributed by atoms with van der Waals surface area (Å²) in [6.07, 6.45) is 3.99. The van der Waals surface area contributed by atoms with Crippen LogP contribution in [0.1, 0.15) is 46.0 Å². The van der Waals surface area contributed by atoms with Gasteiger partial charge in [0.15, 0.2) is 0 Å². The maximum Gasteiger partial charge on any atom is 0.249 e. The van der Waals surface area contributed by atoms with Crippen molar-refractivity contribution in [1.29, 1.82) is 0 Å². The van der Waals surface area contributed by atoms with Gasteiger partial charge < -0.3 is 10.8 Å². The Morgan fingerprint density at radius 1 is 1.43 bits per heavy atom. The Hall–Kier alpha value is -0.570. The van der Waals surface area contributed by atoms with E-state index in [2.05, 4.69) is 13.8 Å². The van der Waals surface area contributed by atoms with Crippen LogP contribution in [0.25, 0.3) is 0 Å². The minimum atomic E-state index is -1.23. The Kier molecular flexibility index (Phi) is 3.53. The van der Waals surface area contributed by atoms with Crippen molar-refractivity contribution in [1.82, 2.24) is 0 Å². The fourth-order valence-electron chi connectivity index (χ4n) is 2.26. The Bertz CT molecular complexity index is 215. The highest BCUT2D eigenvalue weighted by Gasteiger charge is 2.36. The minimum Gasteiger partial charge on any atom is -0.380 e. The maximum atomic E-state index is 11.1. The second-order valence-electron chi connectivity index (χ2n) is 4.83. The van der Waals surface area contributed by atoms with E-state index in [4.69, 9.17) is 5.73 Å². The van der Waals surface area contributed by atoms with E-state index < -0.39 is 11.5 Å². The van der Waals surface area contributed by atoms with Gasteiger partial charge in [-0.15, -0.1) is 0 Å². The summed E-state index contributed by atoms with van der Waals surface area (Å²) in [4.78, 5) is 11.1. The molecule has 0 aromatic heterocycles. The molecule has 14 heavy (non-hydrogen) atoms. The van der Waals surface area contributed by atoms with Gasteiger partial charge in [0.05, 0.1) is 0 Å². The summed E-state index contributed by atoms with van der Waals surface area (Å²) in [6, 6.07) is 0. The standard InChI is InChI=1S/C11H21NO2/c1-8(2)9-4-3-6-11(14,7-5-9)10(12)13/h8-9,14H,3-7H2,1-2H3,(H2,12,13). The molecule has 1 fully saturated rings. The van der Waals surface area contributed by atoms with Crippen molar-refractivity contribution in [2.24, 2.45) is 17.6 Å². The van der Waals surface area contributed by atoms with E-state index in [0.717, 1.165) is 19.3 Å². The zero-order chi connectivity index (χ0) is 10.8. The Balaban J connectivity index is 2.61. The molecule has 0 spiro atoms. The fourth-order valence-corrected chi connectivity index (χ4v) is 2.26. The summed E-state index contributed by atoms with van der Waals surface area (Å²) < 4.78 is 0. The number of rotatable bonds is 2. The van der Waals surface area contributed by atoms with Crippen LogP contribution in [0.3, 0.4) is 0 Å². The molecule has 3 N–H and O–H groups in total. The molecule has 1 aliphatic carbocycles. The van der Waals surface area contributed by atoms with Gasteiger partial charge in [-0.05, 0) is 37.5 Å². The van der Waals surface area contributed by atoms with Gasteiger partial charge in [-0.25, -0.2) is 0 Å². The van der Waals surface area contributed by atoms with Gasteiger partial charge in [-0.3, -0.25) is 4.79 Å². The van der Waals surface area contributed by atoms with Gasteiger partial charge in [0.25, 0.3) is 0 Å². The van der Waals surface area contributed by atoms with Crippen LogP contribution in [0.2, 0.25) is 0 Å². The van der Waals surface area contributed by atoms with Crippen LogP contribution in [-0.4, -0.2) is 16.6 Å². The third-order valence-electron chi connectivity index (χ3n) is 3.50. The summed E-state index contributed by atoms with van der Waals surface area (Å²) in [6.45, 7) is 4.39. The fraction of sp³-hybridized carbons (Fsp3) is 0.909. The lowest BCUT2D eigenvalue weighted by molar-refractivity contribution is -0.137. The Morgan fingerprint density at radius 3 is 2.57 bits per heavy atom. The Labute approximate surface area is 85.7 Å². The number of carbonyl (C=O) groups is 1. The number of primary amides is 1. The number of hydrogen-bond acceptors (Lipinski definition) is 2. The molecule has 1 rings (SSSR count). The molecule has 0 heterocycles. The summed E-state index contributed by atoms with van der Waals surface area (Å²) >= 11 is 0. The van der Waals surface area contributed by atoms with E-state index in [9.17, 15) is 9.90 Å². The second kappa shape index (κ2) is 4.30. The molecule has 3 nitrogen and oxygen atoms in total. The van der Waals surface area contributed by atoms with E-state index in [0.29, 0.717) is 24.7 Å². The van der Waals surface area contributed by atoms with E-state index >= 15 is 0 Å². The number of amides is 1. The molecule has 0 bridgehead atoms. The van der Waals surface area contributed by atoms with Gasteiger partial charge in [0, 0.05) is 0 Å². The smallest absolute Gasteiger partial charge is 0.249 e. The first-order valence-electron chi connectivity index (χ1n) is 5.48. The predicted octanol–water partition coefficient (Wildman–Crippen LogP) is 1.44. The van der Waals surface area contributed by atoms with E-state index in [-0.39, 0.29) is 0 Å². The first-order valence-corrected chi connectivity index (χ1v) is 5.48. The molecule has 0 aliphatic heterocycles. The maximum absolute atomic E-state index is 11.1. The lowest BCUT2D eigenvalue weighted by Gasteiger charge is -2.23. The number of nitrogens with two attached hydrogens (primary N) is 1. The first-order chi connectivity index (χ1) is 6.46. The quantitative estimate of drug-likeness (QED) is 0.661. The minimum absolute atomic E-state index is 0.533. The predicted molar refractivity (Wildman–Crippen MR) is 55.6 cm³/mol. The average Bonchev–Trinajstić information content (AvgIpc) is 2.28. The molecule has 1 aliphatic rings. The van der Waals surface area contributed by atoms with Gasteiger partial charge in [-0.2, -0.15) is 0 Å². The molecule has 2 atom stereocenters. The van der Waals surface area contributed by atoms with Gasteiger partial charge >= 0.3 is 0 Å². The molecule has 1 saturated carbocycles. The van der Waals surface area contributed by atoms with Crippen molar-refractivity contribution in [3.05, 3.63) is 0 Å². The molecule has 0 radical (unpaired) electrons. The van der Waals surface area contributed by atoms with E-state index in [1.807, 2.05) is 0 Å². The molecule has 82 valence electrons. The molecule has 1 amide bonds. The van der Waals surface area contributed by atoms with Gasteiger partial charge in [0.2, 0.25) is 5.91 Å². The highest BCUT2D eigenvalue weighted by atomic mass is 16.3. The van der Waals surface area contributed by atoms with Crippen molar-refractivity contribution < 1.29 is 9.90 Å². The third-order valence-corrected chi connectivity index (χ3v) is 3.50. The Morgan fingerprint density at radius 2 is 2.07 bits per heavy atom. The molecule has 2 unspecified atom stereocenters. The molecule has 3 heteroatoms. The second-order valence-corrected chi connectivity index (χ2v) is 4.83. The molecular weight excluding hydrogens is 178 g/mol. The van der Waals surface area contributed by atoms with Crippen molar-refractivity contribution in [2.75, 3.05) is 0 Å². The van der Waals surface area contributed by atoms with Crippen LogP contribution in [-0.2, 0) is 4.79 Å². The van der Waals surface area contributed by atoms with Crippen molar-refractivity contribution in [2.45, 2.75) is 51.6 Å². The number of hydrogen-bond donors (Lipinski definition) is 2. The summed E-state index contributed by atoms with van der Waals surface area (Å²) in [5.74, 6) is 0.704. The lowest BCUT2D eigenvalue weighted by Crippen LogP contribution is -2.43. The zero-order valence-corrected chi connectivity index (χ0v) is 9.12. The highest BCUT2D eigenvalue weighted by Crippen LogP contribution is 2.33. The SMILES string of the molecule is CC(C)C1CCCC(O)(C(N)=O)CC1. The van der Waals surface area contributed by atoms with Gasteiger partial charge in [-0.1, -0.05) is 20.3 Å². The first kappa shape index (κ1) is 11.5. The molecule has 0 aromatic rings. The van der Waals surface area contributed by atoms with Crippen molar-refractivity contribution >= 4 is 5.91 Å². The van der Waals surface area contributed by atoms with Crippen LogP contribution in [0.4, 0.5) is 0 Å². The summed E-state index contributed by atoms with van der Waals surface area (Å²) in [5, 5.41) is 9.95.